The monoisotopic (exact) mass is 589 g/mol. The molecule has 29 heavy (non-hydrogen) atoms. The van der Waals surface area contributed by atoms with Gasteiger partial charge in [0.2, 0.25) is 5.91 Å². The largest absolute Gasteiger partial charge is 1.00 e. The molecular weight excluding hydrogens is 573 g/mol. The average Bonchev–Trinajstić information content (AvgIpc) is 3.37. The van der Waals surface area contributed by atoms with Crippen molar-refractivity contribution < 1.29 is 61.0 Å². The van der Waals surface area contributed by atoms with Crippen molar-refractivity contribution in [2.24, 2.45) is 4.99 Å². The number of amides is 7. The minimum Gasteiger partial charge on any atom is -0.862 e. The Labute approximate surface area is 180 Å². The molecule has 0 aromatic rings. The van der Waals surface area contributed by atoms with Crippen molar-refractivity contribution in [2.45, 2.75) is 51.4 Å². The number of nitrogens with zero attached hydrogens (tertiary/aromatic N) is 4. The summed E-state index contributed by atoms with van der Waals surface area (Å²) in [7, 11) is 0. The van der Waals surface area contributed by atoms with Gasteiger partial charge in [-0.25, -0.2) is 4.99 Å². The van der Waals surface area contributed by atoms with Gasteiger partial charge in [-0.2, -0.15) is 0 Å². The molecule has 0 spiro atoms. The van der Waals surface area contributed by atoms with Gasteiger partial charge in [-0.3, -0.25) is 4.79 Å². The molecule has 3 fully saturated rings. The van der Waals surface area contributed by atoms with E-state index >= 15 is 0 Å². The quantitative estimate of drug-likeness (QED) is 0.271. The maximum absolute atomic E-state index is 10.1. The zero-order chi connectivity index (χ0) is 21.1. The summed E-state index contributed by atoms with van der Waals surface area (Å²) in [6.45, 7) is 0. The molecule has 0 radical (unpaired) electrons. The minimum atomic E-state index is -0.273. The van der Waals surface area contributed by atoms with Gasteiger partial charge in [-0.05, 0) is 50.8 Å². The van der Waals surface area contributed by atoms with Crippen molar-refractivity contribution in [3.8, 4) is 0 Å². The molecule has 0 bridgehead atoms. The summed E-state index contributed by atoms with van der Waals surface area (Å²) in [6, 6.07) is 0. The first-order valence-electron chi connectivity index (χ1n) is 8.25. The van der Waals surface area contributed by atoms with Crippen LogP contribution in [0.25, 0.3) is 16.0 Å². The Bertz CT molecular complexity index is 621. The summed E-state index contributed by atoms with van der Waals surface area (Å²) < 4.78 is 0. The molecule has 12 nitrogen and oxygen atoms in total. The van der Waals surface area contributed by atoms with E-state index in [1.165, 1.54) is 0 Å². The summed E-state index contributed by atoms with van der Waals surface area (Å²) in [5.41, 5.74) is 0. The van der Waals surface area contributed by atoms with Crippen LogP contribution in [-0.2, 0) is 55.9 Å². The summed E-state index contributed by atoms with van der Waals surface area (Å²) in [4.78, 5) is 73.6. The molecule has 4 heterocycles. The Kier molecular flexibility index (Phi) is 12.2. The molecule has 4 aliphatic heterocycles. The van der Waals surface area contributed by atoms with E-state index in [0.717, 1.165) is 0 Å². The van der Waals surface area contributed by atoms with Gasteiger partial charge in [-0.1, -0.05) is 0 Å². The van der Waals surface area contributed by atoms with Crippen molar-refractivity contribution in [3.63, 3.8) is 0 Å². The summed E-state index contributed by atoms with van der Waals surface area (Å²) in [5.74, 6) is -2.19. The molecule has 0 atom stereocenters. The second-order valence-electron chi connectivity index (χ2n) is 5.60. The van der Waals surface area contributed by atoms with Gasteiger partial charge < -0.3 is 49.8 Å². The van der Waals surface area contributed by atoms with Crippen molar-refractivity contribution >= 4 is 47.2 Å². The van der Waals surface area contributed by atoms with Crippen LogP contribution < -0.4 is 5.11 Å². The topological polar surface area (TPSA) is 197 Å². The first-order chi connectivity index (χ1) is 13.2. The Balaban J connectivity index is 0.000000356. The van der Waals surface area contributed by atoms with Gasteiger partial charge in [0, 0.05) is 6.42 Å². The van der Waals surface area contributed by atoms with E-state index in [1.54, 1.807) is 0 Å². The van der Waals surface area contributed by atoms with Crippen molar-refractivity contribution in [3.05, 3.63) is 16.0 Å². The van der Waals surface area contributed by atoms with Gasteiger partial charge >= 0.3 is 22.4 Å². The third-order valence-electron chi connectivity index (χ3n) is 3.21. The Hall–Kier alpha value is -2.70. The second-order valence-corrected chi connectivity index (χ2v) is 5.60. The molecule has 162 valence electrons. The van der Waals surface area contributed by atoms with Crippen LogP contribution in [0.4, 0.5) is 0 Å². The average molecular weight is 589 g/mol. The maximum atomic E-state index is 10.1. The van der Waals surface area contributed by atoms with Crippen LogP contribution in [0.5, 0.6) is 0 Å². The van der Waals surface area contributed by atoms with E-state index in [0.29, 0.717) is 51.4 Å². The van der Waals surface area contributed by atoms with Crippen molar-refractivity contribution in [1.29, 1.82) is 0 Å². The maximum Gasteiger partial charge on any atom is 1.00 e. The van der Waals surface area contributed by atoms with Gasteiger partial charge in [0.1, 0.15) is 0 Å². The van der Waals surface area contributed by atoms with Crippen LogP contribution in [0.1, 0.15) is 51.4 Å². The van der Waals surface area contributed by atoms with Crippen LogP contribution in [0.15, 0.2) is 4.99 Å². The van der Waals surface area contributed by atoms with E-state index in [1.807, 2.05) is 0 Å². The smallest absolute Gasteiger partial charge is 0.862 e. The SMILES string of the molecule is O=C1CCC(=O)[N-]1.O=C1CCC(=O)[N-]1.O=C1CCC(=O)[N-]1.O=C1CCC([O-])=N1.[Au+]. The van der Waals surface area contributed by atoms with Gasteiger partial charge in [-0.15, -0.1) is 0 Å². The first kappa shape index (κ1) is 26.3. The molecule has 4 rings (SSSR count). The molecular formula is C16H16AuN4O8-3. The Morgan fingerprint density at radius 3 is 0.862 bits per heavy atom. The second kappa shape index (κ2) is 13.5. The zero-order valence-corrected chi connectivity index (χ0v) is 17.2. The molecule has 0 aliphatic carbocycles. The number of carbonyl (C=O) groups excluding carboxylic acids is 7. The fourth-order valence-electron chi connectivity index (χ4n) is 1.86. The fraction of sp³-hybridized carbons (Fsp3) is 0.500. The van der Waals surface area contributed by atoms with Crippen molar-refractivity contribution in [2.75, 3.05) is 0 Å². The number of rotatable bonds is 0. The standard InChI is InChI=1S/4C4H5NO2.Au/c4*6-3-1-2-4(7)5-3;/h4*1-2H2,(H,5,6,7);/q;;;;+1/p-4. The third-order valence-corrected chi connectivity index (χ3v) is 3.21. The van der Waals surface area contributed by atoms with Crippen LogP contribution in [0, 0.1) is 0 Å². The zero-order valence-electron chi connectivity index (χ0n) is 15.0. The van der Waals surface area contributed by atoms with E-state index in [-0.39, 0.29) is 69.6 Å². The van der Waals surface area contributed by atoms with Crippen molar-refractivity contribution in [1.82, 2.24) is 0 Å². The summed E-state index contributed by atoms with van der Waals surface area (Å²) in [5, 5.41) is 19.4. The summed E-state index contributed by atoms with van der Waals surface area (Å²) >= 11 is 0. The van der Waals surface area contributed by atoms with Gasteiger partial charge in [0.05, 0.1) is 35.4 Å². The molecule has 0 unspecified atom stereocenters. The predicted molar refractivity (Wildman–Crippen MR) is 89.5 cm³/mol. The number of hydrogen-bond acceptors (Lipinski definition) is 8. The number of imide groups is 3. The molecule has 4 aliphatic rings. The number of aliphatic imine (C=N–C) groups is 1. The first-order valence-corrected chi connectivity index (χ1v) is 8.25. The van der Waals surface area contributed by atoms with E-state index in [2.05, 4.69) is 20.9 Å². The summed E-state index contributed by atoms with van der Waals surface area (Å²) in [6.07, 6.45) is 2.55. The molecule has 0 aromatic carbocycles. The molecule has 0 N–H and O–H groups in total. The molecule has 13 heteroatoms. The Morgan fingerprint density at radius 1 is 0.517 bits per heavy atom. The molecule has 7 amide bonds. The van der Waals surface area contributed by atoms with Crippen LogP contribution in [0.3, 0.4) is 0 Å². The number of carbonyl (C=O) groups is 7. The third kappa shape index (κ3) is 12.4. The van der Waals surface area contributed by atoms with E-state index in [4.69, 9.17) is 0 Å². The molecule has 0 saturated carbocycles. The van der Waals surface area contributed by atoms with Crippen LogP contribution >= 0.6 is 0 Å². The fourth-order valence-corrected chi connectivity index (χ4v) is 1.86. The Morgan fingerprint density at radius 2 is 0.793 bits per heavy atom. The van der Waals surface area contributed by atoms with E-state index < -0.39 is 0 Å². The van der Waals surface area contributed by atoms with Crippen LogP contribution in [0.2, 0.25) is 0 Å². The van der Waals surface area contributed by atoms with Gasteiger partial charge in [0.15, 0.2) is 0 Å². The predicted octanol–water partition coefficient (Wildman–Crippen LogP) is -0.316. The molecule has 3 saturated heterocycles. The normalized spacial score (nSPS) is 19.3. The minimum absolute atomic E-state index is 0. The molecule has 0 aromatic heterocycles. The van der Waals surface area contributed by atoms with Crippen LogP contribution in [-0.4, -0.2) is 47.2 Å². The van der Waals surface area contributed by atoms with E-state index in [9.17, 15) is 38.7 Å². The van der Waals surface area contributed by atoms with Gasteiger partial charge in [0.25, 0.3) is 0 Å². The number of hydrogen-bond donors (Lipinski definition) is 0.